The van der Waals surface area contributed by atoms with Gasteiger partial charge in [-0.05, 0) is 37.1 Å². The molecule has 1 saturated heterocycles. The van der Waals surface area contributed by atoms with E-state index < -0.39 is 11.8 Å². The number of nitrogens with zero attached hydrogens (tertiary/aromatic N) is 3. The zero-order valence-corrected chi connectivity index (χ0v) is 14.6. The van der Waals surface area contributed by atoms with Crippen LogP contribution in [0.5, 0.6) is 0 Å². The van der Waals surface area contributed by atoms with Gasteiger partial charge in [0.15, 0.2) is 0 Å². The smallest absolute Gasteiger partial charge is 0.312 e. The Morgan fingerprint density at radius 2 is 1.54 bits per heavy atom. The van der Waals surface area contributed by atoms with Crippen molar-refractivity contribution >= 4 is 11.8 Å². The summed E-state index contributed by atoms with van der Waals surface area (Å²) in [6, 6.07) is 8.37. The second kappa shape index (κ2) is 6.53. The van der Waals surface area contributed by atoms with Gasteiger partial charge < -0.3 is 20.4 Å². The Balaban J connectivity index is 1.53. The number of likely N-dealkylation sites (tertiary alicyclic amines) is 1. The molecule has 6 heteroatoms. The van der Waals surface area contributed by atoms with Crippen LogP contribution in [0.15, 0.2) is 24.3 Å². The van der Waals surface area contributed by atoms with Crippen molar-refractivity contribution in [3.63, 3.8) is 0 Å². The summed E-state index contributed by atoms with van der Waals surface area (Å²) in [4.78, 5) is 29.9. The number of amides is 2. The third kappa shape index (κ3) is 3.44. The molecule has 3 atom stereocenters. The predicted octanol–water partition coefficient (Wildman–Crippen LogP) is 0.122. The van der Waals surface area contributed by atoms with Crippen LogP contribution in [0, 0.1) is 11.8 Å². The highest BCUT2D eigenvalue weighted by molar-refractivity contribution is 6.34. The Labute approximate surface area is 143 Å². The van der Waals surface area contributed by atoms with E-state index in [9.17, 15) is 9.59 Å². The normalized spacial score (nSPS) is 24.9. The van der Waals surface area contributed by atoms with E-state index in [1.165, 1.54) is 10.5 Å². The fourth-order valence-corrected chi connectivity index (χ4v) is 3.50. The summed E-state index contributed by atoms with van der Waals surface area (Å²) in [5.74, 6) is -0.0454. The summed E-state index contributed by atoms with van der Waals surface area (Å²) < 4.78 is 0. The third-order valence-electron chi connectivity index (χ3n) is 5.02. The van der Waals surface area contributed by atoms with Gasteiger partial charge in [0.2, 0.25) is 0 Å². The maximum Gasteiger partial charge on any atom is 0.312 e. The van der Waals surface area contributed by atoms with Crippen molar-refractivity contribution in [3.8, 4) is 0 Å². The number of nitrogens with two attached hydrogens (primary N) is 1. The van der Waals surface area contributed by atoms with E-state index in [2.05, 4.69) is 17.0 Å². The number of likely N-dealkylation sites (N-methyl/N-ethyl adjacent to an activating group) is 1. The van der Waals surface area contributed by atoms with Crippen LogP contribution in [-0.2, 0) is 22.7 Å². The van der Waals surface area contributed by atoms with Gasteiger partial charge in [0, 0.05) is 39.3 Å². The third-order valence-corrected chi connectivity index (χ3v) is 5.02. The summed E-state index contributed by atoms with van der Waals surface area (Å²) in [6.07, 6.45) is 0. The molecule has 1 heterocycles. The van der Waals surface area contributed by atoms with Gasteiger partial charge in [0.1, 0.15) is 0 Å². The van der Waals surface area contributed by atoms with Crippen molar-refractivity contribution in [3.05, 3.63) is 35.4 Å². The average Bonchev–Trinajstić information content (AvgIpc) is 2.97. The molecule has 0 radical (unpaired) electrons. The minimum Gasteiger partial charge on any atom is -0.334 e. The van der Waals surface area contributed by atoms with Gasteiger partial charge >= 0.3 is 11.8 Å². The number of hydrogen-bond donors (Lipinski definition) is 1. The molecule has 1 aliphatic heterocycles. The molecule has 1 aliphatic carbocycles. The molecule has 0 aromatic heterocycles. The molecule has 3 rings (SSSR count). The first-order valence-electron chi connectivity index (χ1n) is 8.39. The molecule has 1 aromatic rings. The Hall–Kier alpha value is -1.92. The zero-order chi connectivity index (χ0) is 17.4. The van der Waals surface area contributed by atoms with E-state index in [-0.39, 0.29) is 6.04 Å². The van der Waals surface area contributed by atoms with Gasteiger partial charge in [0.25, 0.3) is 0 Å². The molecule has 2 amide bonds. The van der Waals surface area contributed by atoms with E-state index in [1.807, 2.05) is 26.2 Å². The Morgan fingerprint density at radius 3 is 2.04 bits per heavy atom. The lowest BCUT2D eigenvalue weighted by Crippen LogP contribution is -2.44. The van der Waals surface area contributed by atoms with Crippen LogP contribution in [0.25, 0.3) is 0 Å². The molecule has 0 bridgehead atoms. The summed E-state index contributed by atoms with van der Waals surface area (Å²) in [5.41, 5.74) is 8.12. The molecule has 2 aliphatic rings. The first-order valence-corrected chi connectivity index (χ1v) is 8.39. The van der Waals surface area contributed by atoms with Crippen LogP contribution < -0.4 is 5.73 Å². The fourth-order valence-electron chi connectivity index (χ4n) is 3.50. The average molecular weight is 330 g/mol. The Kier molecular flexibility index (Phi) is 4.60. The minimum atomic E-state index is -0.442. The van der Waals surface area contributed by atoms with Crippen molar-refractivity contribution in [2.24, 2.45) is 17.6 Å². The zero-order valence-electron chi connectivity index (χ0n) is 14.6. The van der Waals surface area contributed by atoms with Gasteiger partial charge in [-0.25, -0.2) is 0 Å². The fraction of sp³-hybridized carbons (Fsp3) is 0.556. The van der Waals surface area contributed by atoms with Crippen molar-refractivity contribution in [2.75, 3.05) is 34.2 Å². The first kappa shape index (κ1) is 16.9. The number of piperidine rings is 1. The van der Waals surface area contributed by atoms with E-state index in [0.29, 0.717) is 31.5 Å². The van der Waals surface area contributed by atoms with Crippen LogP contribution in [0.3, 0.4) is 0 Å². The number of rotatable bonds is 4. The molecule has 2 N–H and O–H groups in total. The second-order valence-corrected chi connectivity index (χ2v) is 7.33. The lowest BCUT2D eigenvalue weighted by molar-refractivity contribution is -0.151. The van der Waals surface area contributed by atoms with Crippen LogP contribution >= 0.6 is 0 Å². The van der Waals surface area contributed by atoms with Crippen molar-refractivity contribution < 1.29 is 9.59 Å². The van der Waals surface area contributed by atoms with Crippen molar-refractivity contribution in [2.45, 2.75) is 19.1 Å². The molecule has 130 valence electrons. The number of hydrogen-bond acceptors (Lipinski definition) is 4. The number of carbonyl (C=O) groups is 2. The number of fused-ring (bicyclic) bond motifs is 1. The molecular formula is C18H26N4O2. The molecular weight excluding hydrogens is 304 g/mol. The lowest BCUT2D eigenvalue weighted by atomic mass is 10.1. The quantitative estimate of drug-likeness (QED) is 0.796. The van der Waals surface area contributed by atoms with E-state index >= 15 is 0 Å². The summed E-state index contributed by atoms with van der Waals surface area (Å²) in [7, 11) is 5.73. The van der Waals surface area contributed by atoms with E-state index in [1.54, 1.807) is 11.9 Å². The summed E-state index contributed by atoms with van der Waals surface area (Å²) in [6.45, 7) is 2.58. The largest absolute Gasteiger partial charge is 0.334 e. The van der Waals surface area contributed by atoms with Gasteiger partial charge in [-0.15, -0.1) is 0 Å². The van der Waals surface area contributed by atoms with Gasteiger partial charge in [-0.3, -0.25) is 9.59 Å². The van der Waals surface area contributed by atoms with E-state index in [4.69, 9.17) is 5.73 Å². The highest BCUT2D eigenvalue weighted by Crippen LogP contribution is 2.43. The predicted molar refractivity (Wildman–Crippen MR) is 91.8 cm³/mol. The van der Waals surface area contributed by atoms with Gasteiger partial charge in [-0.2, -0.15) is 0 Å². The van der Waals surface area contributed by atoms with Crippen LogP contribution in [-0.4, -0.2) is 66.8 Å². The topological polar surface area (TPSA) is 69.9 Å². The monoisotopic (exact) mass is 330 g/mol. The molecule has 6 nitrogen and oxygen atoms in total. The standard InChI is InChI=1S/C18H26N4O2/c1-20(2)8-12-4-6-13(7-5-12)9-21(3)17(23)18(24)22-10-14-15(11-22)16(14)19/h4-7,14-16H,8-11,19H2,1-3H3/t14-,15+,16?. The van der Waals surface area contributed by atoms with Crippen LogP contribution in [0.2, 0.25) is 0 Å². The maximum absolute atomic E-state index is 12.3. The van der Waals surface area contributed by atoms with Crippen LogP contribution in [0.4, 0.5) is 0 Å². The number of carbonyl (C=O) groups excluding carboxylic acids is 2. The molecule has 2 fully saturated rings. The maximum atomic E-state index is 12.3. The lowest BCUT2D eigenvalue weighted by Gasteiger charge is -2.23. The highest BCUT2D eigenvalue weighted by atomic mass is 16.2. The number of benzene rings is 1. The molecule has 1 unspecified atom stereocenters. The molecule has 0 spiro atoms. The van der Waals surface area contributed by atoms with Crippen molar-refractivity contribution in [1.29, 1.82) is 0 Å². The van der Waals surface area contributed by atoms with Gasteiger partial charge in [0.05, 0.1) is 0 Å². The Bertz CT molecular complexity index is 616. The summed E-state index contributed by atoms with van der Waals surface area (Å²) in [5, 5.41) is 0. The second-order valence-electron chi connectivity index (χ2n) is 7.33. The van der Waals surface area contributed by atoms with Crippen LogP contribution in [0.1, 0.15) is 11.1 Å². The summed E-state index contributed by atoms with van der Waals surface area (Å²) >= 11 is 0. The van der Waals surface area contributed by atoms with Gasteiger partial charge in [-0.1, -0.05) is 24.3 Å². The SMILES string of the molecule is CN(C)Cc1ccc(CN(C)C(=O)C(=O)N2C[C@@H]3C(N)[C@@H]3C2)cc1. The molecule has 1 aromatic carbocycles. The molecule has 24 heavy (non-hydrogen) atoms. The van der Waals surface area contributed by atoms with E-state index in [0.717, 1.165) is 12.1 Å². The minimum absolute atomic E-state index is 0.225. The van der Waals surface area contributed by atoms with Crippen molar-refractivity contribution in [1.82, 2.24) is 14.7 Å². The molecule has 1 saturated carbocycles. The first-order chi connectivity index (χ1) is 11.4. The highest BCUT2D eigenvalue weighted by Gasteiger charge is 2.55. The Morgan fingerprint density at radius 1 is 1.04 bits per heavy atom.